The summed E-state index contributed by atoms with van der Waals surface area (Å²) in [6, 6.07) is 3.35. The largest absolute Gasteiger partial charge is 0.424 e. The summed E-state index contributed by atoms with van der Waals surface area (Å²) < 4.78 is 10.2. The molecule has 1 aromatic heterocycles. The van der Waals surface area contributed by atoms with Crippen LogP contribution in [0.3, 0.4) is 0 Å². The van der Waals surface area contributed by atoms with Crippen LogP contribution in [-0.2, 0) is 4.79 Å². The number of carbonyl (C=O) groups is 1. The Kier molecular flexibility index (Phi) is 3.91. The number of halogens is 2. The number of aromatic nitrogens is 1. The lowest BCUT2D eigenvalue weighted by Crippen LogP contribution is -2.02. The minimum absolute atomic E-state index is 0.332. The highest BCUT2D eigenvalue weighted by molar-refractivity contribution is 14.1. The minimum Gasteiger partial charge on any atom is -0.424 e. The molecular weight excluding hydrogens is 368 g/mol. The van der Waals surface area contributed by atoms with Gasteiger partial charge < -0.3 is 7.80 Å². The van der Waals surface area contributed by atoms with Crippen molar-refractivity contribution in [3.05, 3.63) is 28.9 Å². The Hall–Kier alpha value is -1.08. The van der Waals surface area contributed by atoms with Crippen molar-refractivity contribution in [2.45, 2.75) is 13.8 Å². The Morgan fingerprint density at radius 2 is 2.11 bits per heavy atom. The van der Waals surface area contributed by atoms with Gasteiger partial charge in [0.1, 0.15) is 0 Å². The topological polar surface area (TPSA) is 48.4 Å². The number of ether oxygens (including phenoxy) is 1. The van der Waals surface area contributed by atoms with Crippen LogP contribution < -0.4 is 7.80 Å². The van der Waals surface area contributed by atoms with Crippen molar-refractivity contribution in [3.8, 4) is 11.5 Å². The molecule has 0 amide bonds. The number of hydrogen-bond donors (Lipinski definition) is 0. The van der Waals surface area contributed by atoms with E-state index in [-0.39, 0.29) is 0 Å². The Bertz CT molecular complexity index is 630. The van der Waals surface area contributed by atoms with Crippen LogP contribution in [0.5, 0.6) is 11.5 Å². The first-order valence-electron chi connectivity index (χ1n) is 5.08. The Morgan fingerprint density at radius 3 is 2.72 bits per heavy atom. The highest BCUT2D eigenvalue weighted by Gasteiger charge is 2.13. The summed E-state index contributed by atoms with van der Waals surface area (Å²) in [5.74, 6) is 0.352. The molecule has 0 atom stereocenters. The van der Waals surface area contributed by atoms with Gasteiger partial charge in [-0.25, -0.2) is 0 Å². The number of rotatable bonds is 2. The van der Waals surface area contributed by atoms with Crippen LogP contribution >= 0.6 is 34.6 Å². The van der Waals surface area contributed by atoms with Crippen LogP contribution in [0.1, 0.15) is 12.5 Å². The number of pyridine rings is 1. The fourth-order valence-corrected chi connectivity index (χ4v) is 2.11. The van der Waals surface area contributed by atoms with Crippen molar-refractivity contribution in [2.24, 2.45) is 0 Å². The molecule has 4 nitrogen and oxygen atoms in total. The molecule has 0 saturated heterocycles. The Morgan fingerprint density at radius 1 is 1.39 bits per heavy atom. The molecule has 0 spiro atoms. The first-order chi connectivity index (χ1) is 8.52. The van der Waals surface area contributed by atoms with E-state index >= 15 is 0 Å². The quantitative estimate of drug-likeness (QED) is 0.453. The molecule has 0 aliphatic rings. The van der Waals surface area contributed by atoms with Gasteiger partial charge in [-0.2, -0.15) is 0 Å². The molecule has 0 radical (unpaired) electrons. The number of esters is 1. The van der Waals surface area contributed by atoms with Gasteiger partial charge >= 0.3 is 5.97 Å². The zero-order valence-corrected chi connectivity index (χ0v) is 12.6. The van der Waals surface area contributed by atoms with Gasteiger partial charge in [0.05, 0.1) is 10.5 Å². The highest BCUT2D eigenvalue weighted by atomic mass is 127. The molecule has 0 fully saturated rings. The zero-order valence-electron chi connectivity index (χ0n) is 9.66. The lowest BCUT2D eigenvalue weighted by atomic mass is 10.1. The number of aryl methyl sites for hydroxylation is 1. The summed E-state index contributed by atoms with van der Waals surface area (Å²) in [5, 5.41) is 1.32. The number of carbonyl (C=O) groups excluding carboxylic acids is 1. The molecule has 2 aromatic rings. The Labute approximate surface area is 123 Å². The van der Waals surface area contributed by atoms with E-state index in [4.69, 9.17) is 19.4 Å². The summed E-state index contributed by atoms with van der Waals surface area (Å²) in [6.45, 7) is 3.19. The highest BCUT2D eigenvalue weighted by Crippen LogP contribution is 2.36. The molecule has 1 aromatic carbocycles. The fourth-order valence-electron chi connectivity index (χ4n) is 1.56. The molecule has 0 bridgehead atoms. The van der Waals surface area contributed by atoms with E-state index in [0.717, 1.165) is 10.9 Å². The van der Waals surface area contributed by atoms with E-state index in [1.54, 1.807) is 41.3 Å². The number of hydrogen-bond acceptors (Lipinski definition) is 4. The summed E-state index contributed by atoms with van der Waals surface area (Å²) in [5.41, 5.74) is 1.55. The van der Waals surface area contributed by atoms with Gasteiger partial charge in [0, 0.05) is 24.6 Å². The van der Waals surface area contributed by atoms with E-state index in [2.05, 4.69) is 4.98 Å². The number of benzene rings is 1. The van der Waals surface area contributed by atoms with Crippen LogP contribution in [-0.4, -0.2) is 11.0 Å². The van der Waals surface area contributed by atoms with Crippen LogP contribution in [0.4, 0.5) is 0 Å². The predicted octanol–water partition coefficient (Wildman–Crippen LogP) is 3.85. The first kappa shape index (κ1) is 13.4. The second-order valence-electron chi connectivity index (χ2n) is 3.74. The van der Waals surface area contributed by atoms with Gasteiger partial charge in [-0.3, -0.25) is 9.78 Å². The molecule has 6 heteroatoms. The summed E-state index contributed by atoms with van der Waals surface area (Å²) in [4.78, 5) is 15.3. The van der Waals surface area contributed by atoms with Crippen LogP contribution in [0.2, 0.25) is 5.02 Å². The maximum atomic E-state index is 11.0. The van der Waals surface area contributed by atoms with Gasteiger partial charge in [0.25, 0.3) is 0 Å². The van der Waals surface area contributed by atoms with E-state index in [1.165, 1.54) is 6.92 Å². The van der Waals surface area contributed by atoms with Crippen molar-refractivity contribution in [1.29, 1.82) is 0 Å². The molecule has 1 heterocycles. The third-order valence-electron chi connectivity index (χ3n) is 2.38. The van der Waals surface area contributed by atoms with Crippen molar-refractivity contribution in [1.82, 2.24) is 4.98 Å². The fraction of sp³-hybridized carbons (Fsp3) is 0.167. The molecular formula is C12H9ClINO3. The van der Waals surface area contributed by atoms with E-state index in [0.29, 0.717) is 22.0 Å². The second-order valence-corrected chi connectivity index (χ2v) is 4.56. The standard InChI is InChI=1S/C12H9ClINO3/c1-6-5-15-9-4-11(18-14)10(17-7(2)16)3-8(9)12(6)13/h3-5H,1-2H3. The van der Waals surface area contributed by atoms with Crippen LogP contribution in [0.25, 0.3) is 10.9 Å². The molecule has 0 aliphatic carbocycles. The maximum Gasteiger partial charge on any atom is 0.308 e. The third kappa shape index (κ3) is 2.51. The molecule has 0 N–H and O–H groups in total. The lowest BCUT2D eigenvalue weighted by Gasteiger charge is -2.09. The van der Waals surface area contributed by atoms with Crippen molar-refractivity contribution in [3.63, 3.8) is 0 Å². The molecule has 0 aliphatic heterocycles. The minimum atomic E-state index is -0.416. The Balaban J connectivity index is 2.69. The van der Waals surface area contributed by atoms with Gasteiger partial charge in [-0.1, -0.05) is 11.6 Å². The number of nitrogens with zero attached hydrogens (tertiary/aromatic N) is 1. The molecule has 94 valence electrons. The van der Waals surface area contributed by atoms with E-state index < -0.39 is 5.97 Å². The average Bonchev–Trinajstić information content (AvgIpc) is 2.33. The van der Waals surface area contributed by atoms with E-state index in [1.807, 2.05) is 6.92 Å². The molecule has 0 unspecified atom stereocenters. The van der Waals surface area contributed by atoms with E-state index in [9.17, 15) is 4.79 Å². The smallest absolute Gasteiger partial charge is 0.308 e. The van der Waals surface area contributed by atoms with Crippen molar-refractivity contribution in [2.75, 3.05) is 0 Å². The summed E-state index contributed by atoms with van der Waals surface area (Å²) in [6.07, 6.45) is 1.69. The zero-order chi connectivity index (χ0) is 13.3. The van der Waals surface area contributed by atoms with Crippen LogP contribution in [0, 0.1) is 6.92 Å². The van der Waals surface area contributed by atoms with Gasteiger partial charge in [0.15, 0.2) is 34.5 Å². The molecule has 0 saturated carbocycles. The monoisotopic (exact) mass is 377 g/mol. The molecule has 2 rings (SSSR count). The van der Waals surface area contributed by atoms with Crippen molar-refractivity contribution < 1.29 is 12.6 Å². The van der Waals surface area contributed by atoms with Crippen LogP contribution in [0.15, 0.2) is 18.3 Å². The normalized spacial score (nSPS) is 10.4. The van der Waals surface area contributed by atoms with Gasteiger partial charge in [0.2, 0.25) is 0 Å². The average molecular weight is 378 g/mol. The predicted molar refractivity (Wildman–Crippen MR) is 77.4 cm³/mol. The lowest BCUT2D eigenvalue weighted by molar-refractivity contribution is -0.131. The summed E-state index contributed by atoms with van der Waals surface area (Å²) >= 11 is 7.93. The van der Waals surface area contributed by atoms with Crippen molar-refractivity contribution >= 4 is 51.5 Å². The SMILES string of the molecule is CC(=O)Oc1cc2c(Cl)c(C)cnc2cc1OI. The third-order valence-corrected chi connectivity index (χ3v) is 3.35. The first-order valence-corrected chi connectivity index (χ1v) is 6.34. The van der Waals surface area contributed by atoms with Gasteiger partial charge in [-0.15, -0.1) is 0 Å². The van der Waals surface area contributed by atoms with Gasteiger partial charge in [-0.05, 0) is 18.6 Å². The summed E-state index contributed by atoms with van der Waals surface area (Å²) in [7, 11) is 0. The number of fused-ring (bicyclic) bond motifs is 1. The second kappa shape index (κ2) is 5.27. The molecule has 18 heavy (non-hydrogen) atoms. The maximum absolute atomic E-state index is 11.0.